The van der Waals surface area contributed by atoms with Crippen molar-refractivity contribution in [2.75, 3.05) is 6.54 Å². The number of hydrogen-bond donors (Lipinski definition) is 1. The van der Waals surface area contributed by atoms with Gasteiger partial charge in [0.15, 0.2) is 0 Å². The lowest BCUT2D eigenvalue weighted by Gasteiger charge is -2.21. The zero-order chi connectivity index (χ0) is 13.7. The van der Waals surface area contributed by atoms with Gasteiger partial charge in [-0.1, -0.05) is 43.3 Å². The fraction of sp³-hybridized carbons (Fsp3) is 0.250. The molecule has 0 saturated heterocycles. The third-order valence-corrected chi connectivity index (χ3v) is 4.01. The number of nitrogens with one attached hydrogen (secondary N) is 1. The Kier molecular flexibility index (Phi) is 5.34. The second-order valence-electron chi connectivity index (χ2n) is 4.43. The van der Waals surface area contributed by atoms with Gasteiger partial charge in [-0.3, -0.25) is 0 Å². The molecule has 2 rings (SSSR count). The first kappa shape index (κ1) is 14.5. The Bertz CT molecular complexity index is 496. The maximum atomic E-state index is 14.0. The van der Waals surface area contributed by atoms with Crippen molar-refractivity contribution in [2.45, 2.75) is 19.4 Å². The Morgan fingerprint density at radius 3 is 2.32 bits per heavy atom. The molecule has 100 valence electrons. The van der Waals surface area contributed by atoms with Gasteiger partial charge < -0.3 is 5.32 Å². The van der Waals surface area contributed by atoms with Crippen LogP contribution in [0, 0.1) is 9.39 Å². The Balaban J connectivity index is 2.42. The van der Waals surface area contributed by atoms with E-state index >= 15 is 0 Å². The van der Waals surface area contributed by atoms with Crippen LogP contribution in [0.4, 0.5) is 4.39 Å². The Morgan fingerprint density at radius 1 is 1.05 bits per heavy atom. The molecule has 0 bridgehead atoms. The molecule has 0 spiro atoms. The fourth-order valence-corrected chi connectivity index (χ4v) is 2.79. The van der Waals surface area contributed by atoms with Crippen LogP contribution in [-0.2, 0) is 0 Å². The maximum Gasteiger partial charge on any atom is 0.128 e. The van der Waals surface area contributed by atoms with E-state index in [9.17, 15) is 4.39 Å². The number of rotatable bonds is 5. The summed E-state index contributed by atoms with van der Waals surface area (Å²) in [5.74, 6) is -0.157. The Hall–Kier alpha value is -0.940. The predicted octanol–water partition coefficient (Wildman–Crippen LogP) is 4.52. The molecule has 3 heteroatoms. The zero-order valence-corrected chi connectivity index (χ0v) is 13.0. The molecule has 2 aromatic carbocycles. The monoisotopic (exact) mass is 369 g/mol. The Morgan fingerprint density at radius 2 is 1.68 bits per heavy atom. The van der Waals surface area contributed by atoms with Crippen LogP contribution in [0.15, 0.2) is 48.5 Å². The SMILES string of the molecule is CCCNC(c1ccccc1F)c1ccccc1I. The highest BCUT2D eigenvalue weighted by Gasteiger charge is 2.18. The predicted molar refractivity (Wildman–Crippen MR) is 85.7 cm³/mol. The van der Waals surface area contributed by atoms with Crippen LogP contribution in [0.3, 0.4) is 0 Å². The summed E-state index contributed by atoms with van der Waals surface area (Å²) >= 11 is 2.30. The minimum atomic E-state index is -0.157. The summed E-state index contributed by atoms with van der Waals surface area (Å²) in [5.41, 5.74) is 1.83. The van der Waals surface area contributed by atoms with E-state index in [2.05, 4.69) is 47.0 Å². The van der Waals surface area contributed by atoms with Crippen LogP contribution in [0.5, 0.6) is 0 Å². The van der Waals surface area contributed by atoms with Crippen molar-refractivity contribution in [3.05, 3.63) is 69.0 Å². The highest BCUT2D eigenvalue weighted by Crippen LogP contribution is 2.27. The smallest absolute Gasteiger partial charge is 0.128 e. The molecule has 1 atom stereocenters. The molecule has 0 aliphatic rings. The van der Waals surface area contributed by atoms with Crippen LogP contribution >= 0.6 is 22.6 Å². The molecule has 0 amide bonds. The molecule has 0 radical (unpaired) electrons. The molecule has 0 saturated carbocycles. The van der Waals surface area contributed by atoms with Crippen molar-refractivity contribution in [3.63, 3.8) is 0 Å². The first-order chi connectivity index (χ1) is 9.24. The lowest BCUT2D eigenvalue weighted by Crippen LogP contribution is -2.24. The molecular formula is C16H17FIN. The zero-order valence-electron chi connectivity index (χ0n) is 10.9. The van der Waals surface area contributed by atoms with E-state index in [4.69, 9.17) is 0 Å². The van der Waals surface area contributed by atoms with E-state index in [-0.39, 0.29) is 11.9 Å². The normalized spacial score (nSPS) is 12.4. The van der Waals surface area contributed by atoms with E-state index in [0.29, 0.717) is 5.56 Å². The Labute approximate surface area is 127 Å². The van der Waals surface area contributed by atoms with Crippen LogP contribution in [0.1, 0.15) is 30.5 Å². The molecule has 0 aliphatic heterocycles. The molecule has 1 N–H and O–H groups in total. The highest BCUT2D eigenvalue weighted by molar-refractivity contribution is 14.1. The lowest BCUT2D eigenvalue weighted by atomic mass is 9.98. The molecule has 0 aromatic heterocycles. The van der Waals surface area contributed by atoms with Crippen molar-refractivity contribution in [1.29, 1.82) is 0 Å². The highest BCUT2D eigenvalue weighted by atomic mass is 127. The van der Waals surface area contributed by atoms with Gasteiger partial charge in [0, 0.05) is 9.13 Å². The summed E-state index contributed by atoms with van der Waals surface area (Å²) in [7, 11) is 0. The molecule has 0 fully saturated rings. The first-order valence-corrected chi connectivity index (χ1v) is 7.54. The van der Waals surface area contributed by atoms with Crippen LogP contribution in [-0.4, -0.2) is 6.54 Å². The minimum absolute atomic E-state index is 0.0887. The van der Waals surface area contributed by atoms with Gasteiger partial charge in [0.25, 0.3) is 0 Å². The van der Waals surface area contributed by atoms with Gasteiger partial charge in [0.2, 0.25) is 0 Å². The largest absolute Gasteiger partial charge is 0.306 e. The van der Waals surface area contributed by atoms with Gasteiger partial charge in [0.1, 0.15) is 5.82 Å². The van der Waals surface area contributed by atoms with E-state index in [0.717, 1.165) is 22.1 Å². The van der Waals surface area contributed by atoms with Crippen LogP contribution in [0.2, 0.25) is 0 Å². The average Bonchev–Trinajstić information content (AvgIpc) is 2.42. The van der Waals surface area contributed by atoms with Gasteiger partial charge in [-0.25, -0.2) is 4.39 Å². The lowest BCUT2D eigenvalue weighted by molar-refractivity contribution is 0.545. The van der Waals surface area contributed by atoms with Crippen LogP contribution < -0.4 is 5.32 Å². The average molecular weight is 369 g/mol. The van der Waals surface area contributed by atoms with E-state index in [1.165, 1.54) is 6.07 Å². The van der Waals surface area contributed by atoms with Gasteiger partial charge >= 0.3 is 0 Å². The van der Waals surface area contributed by atoms with Crippen molar-refractivity contribution in [1.82, 2.24) is 5.32 Å². The number of benzene rings is 2. The molecule has 1 unspecified atom stereocenters. The maximum absolute atomic E-state index is 14.0. The van der Waals surface area contributed by atoms with Crippen LogP contribution in [0.25, 0.3) is 0 Å². The summed E-state index contributed by atoms with van der Waals surface area (Å²) in [6.45, 7) is 2.98. The summed E-state index contributed by atoms with van der Waals surface area (Å²) < 4.78 is 15.2. The van der Waals surface area contributed by atoms with Crippen molar-refractivity contribution >= 4 is 22.6 Å². The van der Waals surface area contributed by atoms with Gasteiger partial charge in [-0.05, 0) is 53.3 Å². The van der Waals surface area contributed by atoms with Gasteiger partial charge in [0.05, 0.1) is 6.04 Å². The van der Waals surface area contributed by atoms with E-state index in [1.54, 1.807) is 6.07 Å². The van der Waals surface area contributed by atoms with E-state index < -0.39 is 0 Å². The van der Waals surface area contributed by atoms with Gasteiger partial charge in [-0.2, -0.15) is 0 Å². The molecule has 0 aliphatic carbocycles. The van der Waals surface area contributed by atoms with Crippen molar-refractivity contribution in [3.8, 4) is 0 Å². The number of hydrogen-bond acceptors (Lipinski definition) is 1. The molecule has 0 heterocycles. The van der Waals surface area contributed by atoms with Crippen molar-refractivity contribution in [2.24, 2.45) is 0 Å². The molecule has 1 nitrogen and oxygen atoms in total. The van der Waals surface area contributed by atoms with E-state index in [1.807, 2.05) is 24.3 Å². The fourth-order valence-electron chi connectivity index (χ4n) is 2.09. The summed E-state index contributed by atoms with van der Waals surface area (Å²) in [6, 6.07) is 15.0. The first-order valence-electron chi connectivity index (χ1n) is 6.46. The summed E-state index contributed by atoms with van der Waals surface area (Å²) in [4.78, 5) is 0. The third-order valence-electron chi connectivity index (χ3n) is 3.03. The molecule has 2 aromatic rings. The summed E-state index contributed by atoms with van der Waals surface area (Å²) in [6.07, 6.45) is 1.02. The second kappa shape index (κ2) is 7.01. The molecular weight excluding hydrogens is 352 g/mol. The van der Waals surface area contributed by atoms with Crippen molar-refractivity contribution < 1.29 is 4.39 Å². The third kappa shape index (κ3) is 3.54. The van der Waals surface area contributed by atoms with Gasteiger partial charge in [-0.15, -0.1) is 0 Å². The standard InChI is InChI=1S/C16H17FIN/c1-2-11-19-16(12-7-3-5-9-14(12)17)13-8-4-6-10-15(13)18/h3-10,16,19H,2,11H2,1H3. The minimum Gasteiger partial charge on any atom is -0.306 e. The number of halogens is 2. The second-order valence-corrected chi connectivity index (χ2v) is 5.59. The quantitative estimate of drug-likeness (QED) is 0.765. The molecule has 19 heavy (non-hydrogen) atoms. The topological polar surface area (TPSA) is 12.0 Å². The summed E-state index contributed by atoms with van der Waals surface area (Å²) in [5, 5.41) is 3.44.